The zero-order valence-electron chi connectivity index (χ0n) is 18.5. The number of benzene rings is 2. The summed E-state index contributed by atoms with van der Waals surface area (Å²) >= 11 is 0. The number of carboxylic acids is 1. The molecule has 1 aliphatic rings. The highest BCUT2D eigenvalue weighted by atomic mass is 19.1. The molecular weight excluding hydrogens is 423 g/mol. The largest absolute Gasteiger partial charge is 0.479 e. The first-order chi connectivity index (χ1) is 15.9. The van der Waals surface area contributed by atoms with Crippen LogP contribution >= 0.6 is 0 Å². The predicted octanol–water partition coefficient (Wildman–Crippen LogP) is 5.18. The number of halogens is 1. The molecule has 1 heterocycles. The van der Waals surface area contributed by atoms with E-state index in [9.17, 15) is 19.1 Å². The van der Waals surface area contributed by atoms with E-state index < -0.39 is 23.4 Å². The van der Waals surface area contributed by atoms with Crippen molar-refractivity contribution in [1.82, 2.24) is 9.88 Å². The Morgan fingerprint density at radius 2 is 1.70 bits per heavy atom. The van der Waals surface area contributed by atoms with Crippen molar-refractivity contribution >= 4 is 12.1 Å². The first kappa shape index (κ1) is 22.5. The van der Waals surface area contributed by atoms with Gasteiger partial charge in [-0.1, -0.05) is 55.5 Å². The summed E-state index contributed by atoms with van der Waals surface area (Å²) in [6, 6.07) is 17.0. The monoisotopic (exact) mass is 448 g/mol. The summed E-state index contributed by atoms with van der Waals surface area (Å²) in [6.07, 6.45) is 1.98. The number of ether oxygens (including phenoxy) is 1. The van der Waals surface area contributed by atoms with Crippen LogP contribution in [0.3, 0.4) is 0 Å². The van der Waals surface area contributed by atoms with Gasteiger partial charge >= 0.3 is 12.1 Å². The number of nitrogens with zero attached hydrogens (tertiary/aromatic N) is 2. The lowest BCUT2D eigenvalue weighted by Gasteiger charge is -2.37. The van der Waals surface area contributed by atoms with Gasteiger partial charge in [-0.05, 0) is 41.7 Å². The van der Waals surface area contributed by atoms with Crippen LogP contribution < -0.4 is 0 Å². The van der Waals surface area contributed by atoms with E-state index >= 15 is 0 Å². The average Bonchev–Trinajstić information content (AvgIpc) is 3.14. The lowest BCUT2D eigenvalue weighted by atomic mass is 9.91. The highest BCUT2D eigenvalue weighted by Gasteiger charge is 2.45. The maximum atomic E-state index is 13.9. The number of aliphatic carboxylic acids is 1. The molecule has 3 aromatic rings. The Bertz CT molecular complexity index is 1150. The fourth-order valence-corrected chi connectivity index (χ4v) is 4.47. The number of hydrogen-bond donors (Lipinski definition) is 1. The minimum absolute atomic E-state index is 0.0597. The maximum Gasteiger partial charge on any atom is 0.411 e. The van der Waals surface area contributed by atoms with Crippen molar-refractivity contribution < 1.29 is 23.8 Å². The molecule has 170 valence electrons. The van der Waals surface area contributed by atoms with Crippen LogP contribution in [0.2, 0.25) is 0 Å². The highest BCUT2D eigenvalue weighted by molar-refractivity contribution is 5.85. The Hall–Kier alpha value is -3.74. The fraction of sp³-hybridized carbons (Fsp3) is 0.269. The summed E-state index contributed by atoms with van der Waals surface area (Å²) in [5.41, 5.74) is 2.54. The topological polar surface area (TPSA) is 79.7 Å². The van der Waals surface area contributed by atoms with Crippen LogP contribution in [0.15, 0.2) is 67.0 Å². The molecule has 0 saturated heterocycles. The summed E-state index contributed by atoms with van der Waals surface area (Å²) in [6.45, 7) is 3.37. The van der Waals surface area contributed by atoms with Crippen molar-refractivity contribution in [3.8, 4) is 11.1 Å². The van der Waals surface area contributed by atoms with E-state index in [1.54, 1.807) is 0 Å². The Morgan fingerprint density at radius 1 is 1.09 bits per heavy atom. The number of carboxylic acid groups (broad SMARTS) is 1. The zero-order valence-corrected chi connectivity index (χ0v) is 18.5. The molecule has 1 unspecified atom stereocenters. The Balaban J connectivity index is 1.63. The molecule has 33 heavy (non-hydrogen) atoms. The van der Waals surface area contributed by atoms with Gasteiger partial charge in [-0.2, -0.15) is 0 Å². The molecule has 0 radical (unpaired) electrons. The van der Waals surface area contributed by atoms with E-state index in [4.69, 9.17) is 4.74 Å². The molecule has 6 nitrogen and oxygen atoms in total. The quantitative estimate of drug-likeness (QED) is 0.539. The van der Waals surface area contributed by atoms with Crippen LogP contribution in [0, 0.1) is 5.82 Å². The van der Waals surface area contributed by atoms with Crippen molar-refractivity contribution in [2.24, 2.45) is 0 Å². The van der Waals surface area contributed by atoms with Gasteiger partial charge in [0.15, 0.2) is 5.54 Å². The number of carbonyl (C=O) groups excluding carboxylic acids is 1. The zero-order chi connectivity index (χ0) is 23.6. The molecule has 1 aliphatic carbocycles. The van der Waals surface area contributed by atoms with Crippen molar-refractivity contribution in [2.45, 2.75) is 31.7 Å². The number of pyridine rings is 1. The smallest absolute Gasteiger partial charge is 0.411 e. The minimum atomic E-state index is -1.84. The van der Waals surface area contributed by atoms with Crippen molar-refractivity contribution in [2.75, 3.05) is 13.2 Å². The van der Waals surface area contributed by atoms with Crippen LogP contribution in [0.1, 0.15) is 42.9 Å². The van der Waals surface area contributed by atoms with E-state index in [0.29, 0.717) is 6.42 Å². The molecule has 0 fully saturated rings. The molecular formula is C26H25FN2O4. The van der Waals surface area contributed by atoms with Gasteiger partial charge in [0.05, 0.1) is 6.20 Å². The number of aromatic nitrogens is 1. The summed E-state index contributed by atoms with van der Waals surface area (Å²) < 4.78 is 19.6. The molecule has 7 heteroatoms. The van der Waals surface area contributed by atoms with E-state index in [1.807, 2.05) is 55.5 Å². The van der Waals surface area contributed by atoms with Crippen LogP contribution in [0.4, 0.5) is 9.18 Å². The van der Waals surface area contributed by atoms with Gasteiger partial charge in [0.1, 0.15) is 12.4 Å². The maximum absolute atomic E-state index is 13.9. The SMILES string of the molecule is CCCN(C(=O)OCC1c2ccccc2-c2ccccc21)C(C)(C(=O)O)c1cncc(F)c1. The second-order valence-electron chi connectivity index (χ2n) is 8.22. The second kappa shape index (κ2) is 9.02. The van der Waals surface area contributed by atoms with Gasteiger partial charge < -0.3 is 9.84 Å². The molecule has 4 rings (SSSR count). The first-order valence-electron chi connectivity index (χ1n) is 10.8. The number of carbonyl (C=O) groups is 2. The second-order valence-corrected chi connectivity index (χ2v) is 8.22. The summed E-state index contributed by atoms with van der Waals surface area (Å²) in [4.78, 5) is 30.5. The van der Waals surface area contributed by atoms with E-state index in [0.717, 1.165) is 39.4 Å². The van der Waals surface area contributed by atoms with Crippen LogP contribution in [-0.4, -0.2) is 40.2 Å². The molecule has 0 saturated carbocycles. The Labute approximate surface area is 191 Å². The number of fused-ring (bicyclic) bond motifs is 3. The average molecular weight is 448 g/mol. The van der Waals surface area contributed by atoms with Crippen LogP contribution in [-0.2, 0) is 15.1 Å². The van der Waals surface area contributed by atoms with Gasteiger partial charge in [0.25, 0.3) is 0 Å². The number of rotatable bonds is 7. The molecule has 0 spiro atoms. The molecule has 1 atom stereocenters. The molecule has 1 N–H and O–H groups in total. The lowest BCUT2D eigenvalue weighted by Crippen LogP contribution is -2.53. The van der Waals surface area contributed by atoms with E-state index in [1.165, 1.54) is 13.1 Å². The van der Waals surface area contributed by atoms with Crippen molar-refractivity contribution in [1.29, 1.82) is 0 Å². The molecule has 0 aliphatic heterocycles. The summed E-state index contributed by atoms with van der Waals surface area (Å²) in [7, 11) is 0. The van der Waals surface area contributed by atoms with Gasteiger partial charge in [0, 0.05) is 24.2 Å². The van der Waals surface area contributed by atoms with Crippen molar-refractivity contribution in [3.05, 3.63) is 89.5 Å². The normalized spacial score (nSPS) is 14.2. The Morgan fingerprint density at radius 3 is 2.24 bits per heavy atom. The van der Waals surface area contributed by atoms with Gasteiger partial charge in [0.2, 0.25) is 0 Å². The molecule has 2 aromatic carbocycles. The van der Waals surface area contributed by atoms with Gasteiger partial charge in [-0.25, -0.2) is 14.0 Å². The van der Waals surface area contributed by atoms with Crippen molar-refractivity contribution in [3.63, 3.8) is 0 Å². The predicted molar refractivity (Wildman–Crippen MR) is 121 cm³/mol. The molecule has 1 aromatic heterocycles. The third kappa shape index (κ3) is 3.95. The van der Waals surface area contributed by atoms with E-state index in [2.05, 4.69) is 4.98 Å². The summed E-state index contributed by atoms with van der Waals surface area (Å²) in [5.74, 6) is -2.13. The fourth-order valence-electron chi connectivity index (χ4n) is 4.47. The number of amides is 1. The highest BCUT2D eigenvalue weighted by Crippen LogP contribution is 2.44. The lowest BCUT2D eigenvalue weighted by molar-refractivity contribution is -0.150. The van der Waals surface area contributed by atoms with Crippen LogP contribution in [0.25, 0.3) is 11.1 Å². The third-order valence-electron chi connectivity index (χ3n) is 6.23. The summed E-state index contributed by atoms with van der Waals surface area (Å²) in [5, 5.41) is 10.1. The van der Waals surface area contributed by atoms with E-state index in [-0.39, 0.29) is 24.6 Å². The van der Waals surface area contributed by atoms with Gasteiger partial charge in [-0.3, -0.25) is 9.88 Å². The minimum Gasteiger partial charge on any atom is -0.479 e. The third-order valence-corrected chi connectivity index (χ3v) is 6.23. The standard InChI is InChI=1S/C26H25FN2O4/c1-3-12-29(26(2,24(30)31)17-13-18(27)15-28-14-17)25(32)33-16-23-21-10-6-4-8-19(21)20-9-5-7-11-22(20)23/h4-11,13-15,23H,3,12,16H2,1-2H3,(H,30,31). The molecule has 0 bridgehead atoms. The molecule has 1 amide bonds. The first-order valence-corrected chi connectivity index (χ1v) is 10.8. The van der Waals surface area contributed by atoms with Crippen LogP contribution in [0.5, 0.6) is 0 Å². The van der Waals surface area contributed by atoms with Gasteiger partial charge in [-0.15, -0.1) is 0 Å². The number of hydrogen-bond acceptors (Lipinski definition) is 4. The Kier molecular flexibility index (Phi) is 6.14.